The summed E-state index contributed by atoms with van der Waals surface area (Å²) in [5.41, 5.74) is 1.59. The first-order chi connectivity index (χ1) is 9.65. The molecular formula is C16H17NO2S. The highest BCUT2D eigenvalue weighted by atomic mass is 32.1. The molecule has 0 spiro atoms. The molecule has 0 saturated heterocycles. The first-order valence-electron chi connectivity index (χ1n) is 6.33. The molecule has 104 valence electrons. The largest absolute Gasteiger partial charge is 0.489 e. The van der Waals surface area contributed by atoms with Crippen molar-refractivity contribution in [3.8, 4) is 5.75 Å². The Labute approximate surface area is 122 Å². The number of hydrogen-bond acceptors (Lipinski definition) is 3. The van der Waals surface area contributed by atoms with E-state index in [1.54, 1.807) is 35.6 Å². The van der Waals surface area contributed by atoms with Crippen LogP contribution in [-0.2, 0) is 6.54 Å². The number of amides is 1. The summed E-state index contributed by atoms with van der Waals surface area (Å²) in [6.07, 6.45) is 0. The van der Waals surface area contributed by atoms with Gasteiger partial charge in [0.15, 0.2) is 0 Å². The Kier molecular flexibility index (Phi) is 4.96. The van der Waals surface area contributed by atoms with Crippen LogP contribution in [0.2, 0.25) is 0 Å². The van der Waals surface area contributed by atoms with E-state index in [1.807, 2.05) is 24.4 Å². The van der Waals surface area contributed by atoms with Gasteiger partial charge in [-0.15, -0.1) is 11.3 Å². The van der Waals surface area contributed by atoms with E-state index in [4.69, 9.17) is 4.74 Å². The van der Waals surface area contributed by atoms with Crippen LogP contribution in [0.15, 0.2) is 53.9 Å². The molecule has 2 aromatic rings. The van der Waals surface area contributed by atoms with Crippen LogP contribution in [-0.4, -0.2) is 12.5 Å². The highest BCUT2D eigenvalue weighted by Gasteiger charge is 2.05. The van der Waals surface area contributed by atoms with Crippen LogP contribution in [0.1, 0.15) is 22.2 Å². The molecule has 0 unspecified atom stereocenters. The molecule has 1 N–H and O–H groups in total. The molecule has 0 radical (unpaired) electrons. The van der Waals surface area contributed by atoms with E-state index < -0.39 is 0 Å². The Morgan fingerprint density at radius 1 is 1.30 bits per heavy atom. The first kappa shape index (κ1) is 14.3. The molecule has 2 rings (SSSR count). The van der Waals surface area contributed by atoms with Crippen LogP contribution in [0, 0.1) is 0 Å². The third kappa shape index (κ3) is 4.24. The lowest BCUT2D eigenvalue weighted by molar-refractivity contribution is 0.0951. The number of carbonyl (C=O) groups excluding carboxylic acids is 1. The third-order valence-electron chi connectivity index (χ3n) is 2.61. The molecule has 0 bridgehead atoms. The minimum atomic E-state index is -0.0788. The van der Waals surface area contributed by atoms with Crippen LogP contribution in [0.25, 0.3) is 0 Å². The lowest BCUT2D eigenvalue weighted by Gasteiger charge is -2.07. The highest BCUT2D eigenvalue weighted by molar-refractivity contribution is 7.09. The second-order valence-electron chi connectivity index (χ2n) is 4.53. The number of thiophene rings is 1. The Balaban J connectivity index is 1.88. The van der Waals surface area contributed by atoms with Crippen LogP contribution < -0.4 is 10.1 Å². The summed E-state index contributed by atoms with van der Waals surface area (Å²) >= 11 is 1.63. The molecular weight excluding hydrogens is 270 g/mol. The SMILES string of the molecule is C=C(C)COc1ccc(C(=O)NCc2cccs2)cc1. The molecule has 0 saturated carbocycles. The average molecular weight is 287 g/mol. The summed E-state index contributed by atoms with van der Waals surface area (Å²) in [7, 11) is 0. The van der Waals surface area contributed by atoms with E-state index in [2.05, 4.69) is 11.9 Å². The number of benzene rings is 1. The van der Waals surface area contributed by atoms with Crippen molar-refractivity contribution >= 4 is 17.2 Å². The van der Waals surface area contributed by atoms with E-state index in [1.165, 1.54) is 0 Å². The fraction of sp³-hybridized carbons (Fsp3) is 0.188. The van der Waals surface area contributed by atoms with Crippen molar-refractivity contribution in [3.63, 3.8) is 0 Å². The van der Waals surface area contributed by atoms with Gasteiger partial charge in [0, 0.05) is 10.4 Å². The first-order valence-corrected chi connectivity index (χ1v) is 7.21. The van der Waals surface area contributed by atoms with Gasteiger partial charge in [-0.3, -0.25) is 4.79 Å². The zero-order chi connectivity index (χ0) is 14.4. The van der Waals surface area contributed by atoms with Crippen molar-refractivity contribution in [1.29, 1.82) is 0 Å². The van der Waals surface area contributed by atoms with Crippen molar-refractivity contribution in [1.82, 2.24) is 5.32 Å². The van der Waals surface area contributed by atoms with E-state index in [-0.39, 0.29) is 5.91 Å². The maximum Gasteiger partial charge on any atom is 0.251 e. The minimum absolute atomic E-state index is 0.0788. The average Bonchev–Trinajstić information content (AvgIpc) is 2.96. The lowest BCUT2D eigenvalue weighted by atomic mass is 10.2. The molecule has 1 aromatic carbocycles. The van der Waals surface area contributed by atoms with Gasteiger partial charge in [0.05, 0.1) is 6.54 Å². The summed E-state index contributed by atoms with van der Waals surface area (Å²) in [6.45, 7) is 6.74. The smallest absolute Gasteiger partial charge is 0.251 e. The Bertz CT molecular complexity index is 573. The van der Waals surface area contributed by atoms with Crippen LogP contribution in [0.4, 0.5) is 0 Å². The zero-order valence-corrected chi connectivity index (χ0v) is 12.2. The monoisotopic (exact) mass is 287 g/mol. The zero-order valence-electron chi connectivity index (χ0n) is 11.4. The summed E-state index contributed by atoms with van der Waals surface area (Å²) < 4.78 is 5.49. The summed E-state index contributed by atoms with van der Waals surface area (Å²) in [6, 6.07) is 11.1. The standard InChI is InChI=1S/C16H17NO2S/c1-12(2)11-19-14-7-5-13(6-8-14)16(18)17-10-15-4-3-9-20-15/h3-9H,1,10-11H2,2H3,(H,17,18). The molecule has 1 amide bonds. The molecule has 20 heavy (non-hydrogen) atoms. The summed E-state index contributed by atoms with van der Waals surface area (Å²) in [4.78, 5) is 13.1. The Hall–Kier alpha value is -2.07. The van der Waals surface area contributed by atoms with Gasteiger partial charge >= 0.3 is 0 Å². The number of carbonyl (C=O) groups is 1. The summed E-state index contributed by atoms with van der Waals surface area (Å²) in [5.74, 6) is 0.660. The van der Waals surface area contributed by atoms with Gasteiger partial charge in [-0.25, -0.2) is 0 Å². The molecule has 0 aliphatic heterocycles. The Morgan fingerprint density at radius 3 is 2.65 bits per heavy atom. The van der Waals surface area contributed by atoms with E-state index >= 15 is 0 Å². The molecule has 1 heterocycles. The predicted octanol–water partition coefficient (Wildman–Crippen LogP) is 3.63. The van der Waals surface area contributed by atoms with Gasteiger partial charge < -0.3 is 10.1 Å². The van der Waals surface area contributed by atoms with Crippen molar-refractivity contribution in [2.24, 2.45) is 0 Å². The van der Waals surface area contributed by atoms with E-state index in [0.29, 0.717) is 18.7 Å². The second kappa shape index (κ2) is 6.91. The van der Waals surface area contributed by atoms with E-state index in [0.717, 1.165) is 16.2 Å². The van der Waals surface area contributed by atoms with Crippen molar-refractivity contribution < 1.29 is 9.53 Å². The third-order valence-corrected chi connectivity index (χ3v) is 3.48. The van der Waals surface area contributed by atoms with Crippen LogP contribution in [0.5, 0.6) is 5.75 Å². The molecule has 0 aliphatic carbocycles. The quantitative estimate of drug-likeness (QED) is 0.824. The number of ether oxygens (including phenoxy) is 1. The van der Waals surface area contributed by atoms with Gasteiger partial charge in [0.2, 0.25) is 0 Å². The fourth-order valence-electron chi connectivity index (χ4n) is 1.59. The Morgan fingerprint density at radius 2 is 2.05 bits per heavy atom. The van der Waals surface area contributed by atoms with Crippen LogP contribution >= 0.6 is 11.3 Å². The predicted molar refractivity (Wildman–Crippen MR) is 82.2 cm³/mol. The van der Waals surface area contributed by atoms with Gasteiger partial charge in [-0.2, -0.15) is 0 Å². The number of hydrogen-bond donors (Lipinski definition) is 1. The molecule has 0 fully saturated rings. The molecule has 4 heteroatoms. The van der Waals surface area contributed by atoms with E-state index in [9.17, 15) is 4.79 Å². The van der Waals surface area contributed by atoms with Crippen molar-refractivity contribution in [3.05, 3.63) is 64.4 Å². The van der Waals surface area contributed by atoms with Crippen molar-refractivity contribution in [2.75, 3.05) is 6.61 Å². The molecule has 0 atom stereocenters. The molecule has 3 nitrogen and oxygen atoms in total. The maximum atomic E-state index is 12.0. The highest BCUT2D eigenvalue weighted by Crippen LogP contribution is 2.13. The second-order valence-corrected chi connectivity index (χ2v) is 5.56. The minimum Gasteiger partial charge on any atom is -0.489 e. The van der Waals surface area contributed by atoms with Gasteiger partial charge in [0.1, 0.15) is 12.4 Å². The maximum absolute atomic E-state index is 12.0. The topological polar surface area (TPSA) is 38.3 Å². The van der Waals surface area contributed by atoms with Crippen molar-refractivity contribution in [2.45, 2.75) is 13.5 Å². The lowest BCUT2D eigenvalue weighted by Crippen LogP contribution is -2.22. The van der Waals surface area contributed by atoms with Gasteiger partial charge in [-0.05, 0) is 48.2 Å². The number of rotatable bonds is 6. The fourth-order valence-corrected chi connectivity index (χ4v) is 2.24. The summed E-state index contributed by atoms with van der Waals surface area (Å²) in [5, 5.41) is 4.88. The normalized spacial score (nSPS) is 10.1. The van der Waals surface area contributed by atoms with Gasteiger partial charge in [-0.1, -0.05) is 12.6 Å². The van der Waals surface area contributed by atoms with Gasteiger partial charge in [0.25, 0.3) is 5.91 Å². The molecule has 1 aromatic heterocycles. The number of nitrogens with one attached hydrogen (secondary N) is 1. The van der Waals surface area contributed by atoms with Crippen LogP contribution in [0.3, 0.4) is 0 Å². The molecule has 0 aliphatic rings.